The first-order valence-electron chi connectivity index (χ1n) is 11.7. The molecule has 8 heteroatoms. The summed E-state index contributed by atoms with van der Waals surface area (Å²) in [4.78, 5) is 30.5. The summed E-state index contributed by atoms with van der Waals surface area (Å²) in [5, 5.41) is 8.97. The topological polar surface area (TPSA) is 80.8 Å². The van der Waals surface area contributed by atoms with Gasteiger partial charge in [0.1, 0.15) is 11.1 Å². The van der Waals surface area contributed by atoms with Crippen LogP contribution in [-0.2, 0) is 15.1 Å². The molecule has 184 valence electrons. The lowest BCUT2D eigenvalue weighted by Gasteiger charge is -2.37. The quantitative estimate of drug-likeness (QED) is 0.411. The van der Waals surface area contributed by atoms with Crippen LogP contribution in [0.15, 0.2) is 48.8 Å². The van der Waals surface area contributed by atoms with Crippen LogP contribution in [0.1, 0.15) is 40.2 Å². The van der Waals surface area contributed by atoms with Crippen LogP contribution in [0.25, 0.3) is 15.6 Å². The molecule has 2 heterocycles. The van der Waals surface area contributed by atoms with Gasteiger partial charge in [-0.1, -0.05) is 42.2 Å². The molecule has 1 aromatic heterocycles. The molecule has 1 saturated heterocycles. The van der Waals surface area contributed by atoms with Crippen molar-refractivity contribution in [3.8, 4) is 11.8 Å². The van der Waals surface area contributed by atoms with Gasteiger partial charge in [-0.15, -0.1) is 0 Å². The Kier molecular flexibility index (Phi) is 6.47. The van der Waals surface area contributed by atoms with Crippen molar-refractivity contribution < 1.29 is 14.3 Å². The van der Waals surface area contributed by atoms with Crippen LogP contribution in [0.3, 0.4) is 0 Å². The van der Waals surface area contributed by atoms with Crippen molar-refractivity contribution in [2.45, 2.75) is 45.8 Å². The number of likely N-dealkylation sites (tertiary alicyclic amines) is 1. The summed E-state index contributed by atoms with van der Waals surface area (Å²) < 4.78 is 6.96. The van der Waals surface area contributed by atoms with Gasteiger partial charge in [0.25, 0.3) is 5.91 Å². The molecule has 2 amide bonds. The van der Waals surface area contributed by atoms with Crippen LogP contribution < -0.4 is 5.32 Å². The van der Waals surface area contributed by atoms with Crippen molar-refractivity contribution >= 4 is 34.1 Å². The largest absolute Gasteiger partial charge is 0.444 e. The SMILES string of the molecule is [C-]#[N+]c1ccc(NC(=O)C(C)(C)n2cc(C#CC3CN(C(=O)OC(C)(C)C)C3)cn2)c2ccccc12. The molecular formula is C28H29N5O3. The standard InChI is InChI=1S/C28H29N5O3/c1-27(2,3)36-26(35)32-16-20(17-32)12-11-19-15-30-33(18-19)28(4,5)25(34)31-24-14-13-23(29-6)21-9-7-8-10-22(21)24/h7-10,13-15,18,20H,16-17H2,1-5H3,(H,31,34). The average Bonchev–Trinajstić information content (AvgIpc) is 3.27. The molecule has 8 nitrogen and oxygen atoms in total. The molecule has 0 spiro atoms. The zero-order valence-corrected chi connectivity index (χ0v) is 21.1. The number of carbonyl (C=O) groups is 2. The number of aromatic nitrogens is 2. The van der Waals surface area contributed by atoms with Crippen molar-refractivity contribution in [2.24, 2.45) is 5.92 Å². The normalized spacial score (nSPS) is 13.8. The maximum atomic E-state index is 13.2. The molecule has 0 radical (unpaired) electrons. The fraction of sp³-hybridized carbons (Fsp3) is 0.357. The molecule has 36 heavy (non-hydrogen) atoms. The number of nitrogens with zero attached hydrogens (tertiary/aromatic N) is 4. The zero-order chi connectivity index (χ0) is 26.1. The number of fused-ring (bicyclic) bond motifs is 1. The zero-order valence-electron chi connectivity index (χ0n) is 21.1. The predicted molar refractivity (Wildman–Crippen MR) is 139 cm³/mol. The number of amides is 2. The van der Waals surface area contributed by atoms with Crippen LogP contribution in [0.2, 0.25) is 0 Å². The summed E-state index contributed by atoms with van der Waals surface area (Å²) in [5.41, 5.74) is 0.374. The number of anilines is 1. The minimum atomic E-state index is -0.983. The van der Waals surface area contributed by atoms with E-state index in [0.29, 0.717) is 30.0 Å². The number of hydrogen-bond donors (Lipinski definition) is 1. The van der Waals surface area contributed by atoms with E-state index in [9.17, 15) is 9.59 Å². The van der Waals surface area contributed by atoms with E-state index in [-0.39, 0.29) is 17.9 Å². The summed E-state index contributed by atoms with van der Waals surface area (Å²) in [6.07, 6.45) is 3.06. The molecule has 4 rings (SSSR count). The Labute approximate surface area is 211 Å². The van der Waals surface area contributed by atoms with E-state index in [1.54, 1.807) is 48.0 Å². The summed E-state index contributed by atoms with van der Waals surface area (Å²) >= 11 is 0. The van der Waals surface area contributed by atoms with E-state index in [1.807, 2.05) is 45.0 Å². The number of ether oxygens (including phenoxy) is 1. The summed E-state index contributed by atoms with van der Waals surface area (Å²) in [7, 11) is 0. The van der Waals surface area contributed by atoms with Crippen LogP contribution in [0, 0.1) is 24.3 Å². The highest BCUT2D eigenvalue weighted by atomic mass is 16.6. The van der Waals surface area contributed by atoms with Crippen LogP contribution in [0.5, 0.6) is 0 Å². The van der Waals surface area contributed by atoms with Crippen molar-refractivity contribution in [3.05, 3.63) is 65.8 Å². The van der Waals surface area contributed by atoms with Gasteiger partial charge in [-0.2, -0.15) is 5.10 Å². The molecule has 1 N–H and O–H groups in total. The number of rotatable bonds is 3. The lowest BCUT2D eigenvalue weighted by Crippen LogP contribution is -2.51. The van der Waals surface area contributed by atoms with Crippen LogP contribution >= 0.6 is 0 Å². The molecule has 1 aliphatic rings. The smallest absolute Gasteiger partial charge is 0.410 e. The number of nitrogens with one attached hydrogen (secondary N) is 1. The van der Waals surface area contributed by atoms with Crippen molar-refractivity contribution in [3.63, 3.8) is 0 Å². The van der Waals surface area contributed by atoms with E-state index < -0.39 is 11.1 Å². The Hall–Kier alpha value is -4.30. The number of benzene rings is 2. The third kappa shape index (κ3) is 5.18. The number of carbonyl (C=O) groups excluding carboxylic acids is 2. The van der Waals surface area contributed by atoms with Crippen LogP contribution in [-0.4, -0.2) is 45.4 Å². The van der Waals surface area contributed by atoms with Gasteiger partial charge in [0.2, 0.25) is 0 Å². The molecular weight excluding hydrogens is 454 g/mol. The van der Waals surface area contributed by atoms with E-state index in [2.05, 4.69) is 27.1 Å². The molecule has 3 aromatic rings. The Morgan fingerprint density at radius 2 is 1.81 bits per heavy atom. The van der Waals surface area contributed by atoms with Crippen molar-refractivity contribution in [1.82, 2.24) is 14.7 Å². The second-order valence-corrected chi connectivity index (χ2v) is 10.3. The van der Waals surface area contributed by atoms with Gasteiger partial charge in [0, 0.05) is 25.0 Å². The van der Waals surface area contributed by atoms with Gasteiger partial charge in [-0.3, -0.25) is 9.48 Å². The van der Waals surface area contributed by atoms with Gasteiger partial charge in [0.15, 0.2) is 5.69 Å². The fourth-order valence-corrected chi connectivity index (χ4v) is 3.79. The van der Waals surface area contributed by atoms with Crippen molar-refractivity contribution in [1.29, 1.82) is 0 Å². The predicted octanol–water partition coefficient (Wildman–Crippen LogP) is 5.18. The molecule has 1 fully saturated rings. The van der Waals surface area contributed by atoms with Gasteiger partial charge in [0.05, 0.1) is 24.3 Å². The Morgan fingerprint density at radius 3 is 2.47 bits per heavy atom. The van der Waals surface area contributed by atoms with Crippen molar-refractivity contribution in [2.75, 3.05) is 18.4 Å². The molecule has 1 aliphatic heterocycles. The van der Waals surface area contributed by atoms with E-state index in [4.69, 9.17) is 11.3 Å². The molecule has 0 bridgehead atoms. The Bertz CT molecular complexity index is 1420. The highest BCUT2D eigenvalue weighted by molar-refractivity contribution is 6.08. The van der Waals surface area contributed by atoms with E-state index >= 15 is 0 Å². The highest BCUT2D eigenvalue weighted by Gasteiger charge is 2.33. The van der Waals surface area contributed by atoms with Gasteiger partial charge in [-0.05, 0) is 51.5 Å². The Morgan fingerprint density at radius 1 is 1.11 bits per heavy atom. The lowest BCUT2D eigenvalue weighted by molar-refractivity contribution is -0.123. The molecule has 0 aliphatic carbocycles. The summed E-state index contributed by atoms with van der Waals surface area (Å²) in [6.45, 7) is 17.5. The second-order valence-electron chi connectivity index (χ2n) is 10.3. The first kappa shape index (κ1) is 24.8. The molecule has 2 aromatic carbocycles. The minimum absolute atomic E-state index is 0.0730. The molecule has 0 saturated carbocycles. The highest BCUT2D eigenvalue weighted by Crippen LogP contribution is 2.32. The Balaban J connectivity index is 1.42. The van der Waals surface area contributed by atoms with E-state index in [0.717, 1.165) is 10.8 Å². The fourth-order valence-electron chi connectivity index (χ4n) is 3.79. The van der Waals surface area contributed by atoms with E-state index in [1.165, 1.54) is 0 Å². The summed E-state index contributed by atoms with van der Waals surface area (Å²) in [5.74, 6) is 6.11. The first-order chi connectivity index (χ1) is 17.0. The third-order valence-corrected chi connectivity index (χ3v) is 5.93. The van der Waals surface area contributed by atoms with Gasteiger partial charge >= 0.3 is 6.09 Å². The van der Waals surface area contributed by atoms with Gasteiger partial charge in [-0.25, -0.2) is 9.64 Å². The molecule has 0 unspecified atom stereocenters. The monoisotopic (exact) mass is 483 g/mol. The van der Waals surface area contributed by atoms with Crippen LogP contribution in [0.4, 0.5) is 16.2 Å². The maximum absolute atomic E-state index is 13.2. The third-order valence-electron chi connectivity index (χ3n) is 5.93. The van der Waals surface area contributed by atoms with Gasteiger partial charge < -0.3 is 15.0 Å². The molecule has 0 atom stereocenters. The minimum Gasteiger partial charge on any atom is -0.444 e. The second kappa shape index (κ2) is 9.39. The maximum Gasteiger partial charge on any atom is 0.410 e. The summed E-state index contributed by atoms with van der Waals surface area (Å²) in [6, 6.07) is 11.0. The average molecular weight is 484 g/mol. The number of hydrogen-bond acceptors (Lipinski definition) is 4. The lowest BCUT2D eigenvalue weighted by atomic mass is 10.0. The first-order valence-corrected chi connectivity index (χ1v) is 11.7.